The summed E-state index contributed by atoms with van der Waals surface area (Å²) >= 11 is 4.95. The predicted molar refractivity (Wildman–Crippen MR) is 64.8 cm³/mol. The molecule has 1 aliphatic rings. The van der Waals surface area contributed by atoms with Crippen LogP contribution >= 0.6 is 12.2 Å². The number of urea groups is 1. The van der Waals surface area contributed by atoms with E-state index in [4.69, 9.17) is 18.0 Å². The van der Waals surface area contributed by atoms with Gasteiger partial charge >= 0.3 is 6.03 Å². The van der Waals surface area contributed by atoms with Gasteiger partial charge in [0.05, 0.1) is 4.99 Å². The highest BCUT2D eigenvalue weighted by molar-refractivity contribution is 7.80. The van der Waals surface area contributed by atoms with Crippen LogP contribution < -0.4 is 11.1 Å². The van der Waals surface area contributed by atoms with Crippen molar-refractivity contribution >= 4 is 23.2 Å². The van der Waals surface area contributed by atoms with Crippen LogP contribution in [0.4, 0.5) is 4.79 Å². The molecule has 0 atom stereocenters. The summed E-state index contributed by atoms with van der Waals surface area (Å²) < 4.78 is 0. The van der Waals surface area contributed by atoms with Crippen LogP contribution in [0.25, 0.3) is 0 Å². The van der Waals surface area contributed by atoms with Gasteiger partial charge in [-0.2, -0.15) is 0 Å². The fourth-order valence-electron chi connectivity index (χ4n) is 1.71. The van der Waals surface area contributed by atoms with Gasteiger partial charge in [-0.25, -0.2) is 4.79 Å². The Morgan fingerprint density at radius 3 is 2.60 bits per heavy atom. The largest absolute Gasteiger partial charge is 0.393 e. The molecular formula is C10H19N3OS. The highest BCUT2D eigenvalue weighted by atomic mass is 32.1. The maximum Gasteiger partial charge on any atom is 0.317 e. The van der Waals surface area contributed by atoms with Crippen LogP contribution in [-0.4, -0.2) is 35.6 Å². The Morgan fingerprint density at radius 1 is 1.53 bits per heavy atom. The molecule has 1 aliphatic heterocycles. The standard InChI is InChI=1S/C10H19N3OS/c1-2-5-12-10(14)13-6-3-8(4-7-13)9(11)15/h8H,2-7H2,1H3,(H2,11,15)(H,12,14). The summed E-state index contributed by atoms with van der Waals surface area (Å²) in [5.41, 5.74) is 5.58. The average molecular weight is 229 g/mol. The van der Waals surface area contributed by atoms with Crippen molar-refractivity contribution in [2.45, 2.75) is 26.2 Å². The number of carbonyl (C=O) groups excluding carboxylic acids is 1. The Labute approximate surface area is 96.2 Å². The Balaban J connectivity index is 2.30. The second kappa shape index (κ2) is 5.90. The third-order valence-electron chi connectivity index (χ3n) is 2.71. The van der Waals surface area contributed by atoms with Gasteiger partial charge in [-0.15, -0.1) is 0 Å². The van der Waals surface area contributed by atoms with E-state index < -0.39 is 0 Å². The smallest absolute Gasteiger partial charge is 0.317 e. The van der Waals surface area contributed by atoms with Gasteiger partial charge in [-0.05, 0) is 19.3 Å². The molecule has 3 N–H and O–H groups in total. The number of hydrogen-bond acceptors (Lipinski definition) is 2. The van der Waals surface area contributed by atoms with Crippen molar-refractivity contribution in [3.05, 3.63) is 0 Å². The normalized spacial score (nSPS) is 17.5. The lowest BCUT2D eigenvalue weighted by atomic mass is 9.97. The Hall–Kier alpha value is -0.840. The summed E-state index contributed by atoms with van der Waals surface area (Å²) in [5.74, 6) is 0.315. The van der Waals surface area contributed by atoms with Crippen LogP contribution in [0.1, 0.15) is 26.2 Å². The molecule has 4 nitrogen and oxygen atoms in total. The van der Waals surface area contributed by atoms with E-state index in [0.29, 0.717) is 10.9 Å². The molecule has 2 amide bonds. The first kappa shape index (κ1) is 12.2. The number of carbonyl (C=O) groups is 1. The first-order chi connectivity index (χ1) is 7.15. The van der Waals surface area contributed by atoms with Gasteiger partial charge in [0.25, 0.3) is 0 Å². The topological polar surface area (TPSA) is 58.4 Å². The van der Waals surface area contributed by atoms with Crippen molar-refractivity contribution in [3.8, 4) is 0 Å². The van der Waals surface area contributed by atoms with Crippen molar-refractivity contribution in [2.24, 2.45) is 11.7 Å². The second-order valence-corrected chi connectivity index (χ2v) is 4.37. The van der Waals surface area contributed by atoms with E-state index in [-0.39, 0.29) is 6.03 Å². The molecule has 1 rings (SSSR count). The van der Waals surface area contributed by atoms with Gasteiger partial charge in [-0.1, -0.05) is 19.1 Å². The fraction of sp³-hybridized carbons (Fsp3) is 0.800. The molecule has 0 aromatic carbocycles. The van der Waals surface area contributed by atoms with Gasteiger partial charge in [-0.3, -0.25) is 0 Å². The van der Waals surface area contributed by atoms with Crippen molar-refractivity contribution in [1.29, 1.82) is 0 Å². The molecule has 1 heterocycles. The van der Waals surface area contributed by atoms with E-state index in [2.05, 4.69) is 5.32 Å². The predicted octanol–water partition coefficient (Wildman–Crippen LogP) is 1.10. The van der Waals surface area contributed by atoms with Crippen molar-refractivity contribution in [3.63, 3.8) is 0 Å². The number of nitrogens with one attached hydrogen (secondary N) is 1. The number of amides is 2. The molecular weight excluding hydrogens is 210 g/mol. The van der Waals surface area contributed by atoms with Crippen molar-refractivity contribution in [2.75, 3.05) is 19.6 Å². The molecule has 0 radical (unpaired) electrons. The monoisotopic (exact) mass is 229 g/mol. The zero-order valence-corrected chi connectivity index (χ0v) is 9.98. The molecule has 15 heavy (non-hydrogen) atoms. The van der Waals surface area contributed by atoms with E-state index in [1.807, 2.05) is 11.8 Å². The number of hydrogen-bond donors (Lipinski definition) is 2. The first-order valence-corrected chi connectivity index (χ1v) is 5.88. The highest BCUT2D eigenvalue weighted by Gasteiger charge is 2.23. The summed E-state index contributed by atoms with van der Waals surface area (Å²) in [4.78, 5) is 14.0. The summed E-state index contributed by atoms with van der Waals surface area (Å²) in [6.07, 6.45) is 2.76. The quantitative estimate of drug-likeness (QED) is 0.713. The summed E-state index contributed by atoms with van der Waals surface area (Å²) in [7, 11) is 0. The molecule has 1 fully saturated rings. The SMILES string of the molecule is CCCNC(=O)N1CCC(C(N)=S)CC1. The van der Waals surface area contributed by atoms with Gasteiger partial charge < -0.3 is 16.0 Å². The third kappa shape index (κ3) is 3.66. The van der Waals surface area contributed by atoms with E-state index in [0.717, 1.165) is 38.9 Å². The maximum atomic E-state index is 11.6. The lowest BCUT2D eigenvalue weighted by molar-refractivity contribution is 0.180. The average Bonchev–Trinajstić information content (AvgIpc) is 2.26. The molecule has 0 bridgehead atoms. The number of nitrogens with two attached hydrogens (primary N) is 1. The van der Waals surface area contributed by atoms with E-state index in [1.165, 1.54) is 0 Å². The minimum absolute atomic E-state index is 0.0400. The van der Waals surface area contributed by atoms with E-state index in [1.54, 1.807) is 0 Å². The Bertz CT molecular complexity index is 237. The van der Waals surface area contributed by atoms with Crippen LogP contribution in [0.5, 0.6) is 0 Å². The number of rotatable bonds is 3. The van der Waals surface area contributed by atoms with E-state index in [9.17, 15) is 4.79 Å². The van der Waals surface area contributed by atoms with Crippen LogP contribution in [0.3, 0.4) is 0 Å². The minimum Gasteiger partial charge on any atom is -0.393 e. The van der Waals surface area contributed by atoms with Gasteiger partial charge in [0.1, 0.15) is 0 Å². The zero-order chi connectivity index (χ0) is 11.3. The number of nitrogens with zero attached hydrogens (tertiary/aromatic N) is 1. The summed E-state index contributed by atoms with van der Waals surface area (Å²) in [5, 5.41) is 2.87. The third-order valence-corrected chi connectivity index (χ3v) is 3.04. The number of thiocarbonyl (C=S) groups is 1. The van der Waals surface area contributed by atoms with Crippen LogP contribution in [0.2, 0.25) is 0 Å². The zero-order valence-electron chi connectivity index (χ0n) is 9.16. The molecule has 0 unspecified atom stereocenters. The van der Waals surface area contributed by atoms with Gasteiger partial charge in [0.15, 0.2) is 0 Å². The molecule has 0 aromatic rings. The highest BCUT2D eigenvalue weighted by Crippen LogP contribution is 2.17. The van der Waals surface area contributed by atoms with Crippen LogP contribution in [0, 0.1) is 5.92 Å². The first-order valence-electron chi connectivity index (χ1n) is 5.47. The van der Waals surface area contributed by atoms with Gasteiger partial charge in [0, 0.05) is 25.6 Å². The van der Waals surface area contributed by atoms with Crippen molar-refractivity contribution < 1.29 is 4.79 Å². The second-order valence-electron chi connectivity index (χ2n) is 3.90. The maximum absolute atomic E-state index is 11.6. The van der Waals surface area contributed by atoms with Crippen molar-refractivity contribution in [1.82, 2.24) is 10.2 Å². The van der Waals surface area contributed by atoms with Gasteiger partial charge in [0.2, 0.25) is 0 Å². The molecule has 1 saturated heterocycles. The lowest BCUT2D eigenvalue weighted by Crippen LogP contribution is -2.46. The molecule has 5 heteroatoms. The van der Waals surface area contributed by atoms with Crippen LogP contribution in [-0.2, 0) is 0 Å². The lowest BCUT2D eigenvalue weighted by Gasteiger charge is -2.31. The van der Waals surface area contributed by atoms with E-state index >= 15 is 0 Å². The molecule has 86 valence electrons. The molecule has 0 spiro atoms. The Morgan fingerprint density at radius 2 is 2.13 bits per heavy atom. The minimum atomic E-state index is 0.0400. The molecule has 0 aromatic heterocycles. The van der Waals surface area contributed by atoms with Crippen LogP contribution in [0.15, 0.2) is 0 Å². The number of piperidine rings is 1. The summed E-state index contributed by atoms with van der Waals surface area (Å²) in [6.45, 7) is 4.31. The number of likely N-dealkylation sites (tertiary alicyclic amines) is 1. The molecule has 0 aliphatic carbocycles. The fourth-order valence-corrected chi connectivity index (χ4v) is 1.95. The Kier molecular flexibility index (Phi) is 4.81. The summed E-state index contributed by atoms with van der Waals surface area (Å²) in [6, 6.07) is 0.0400. The molecule has 0 saturated carbocycles.